The molecule has 0 amide bonds. The minimum Gasteiger partial charge on any atom is -0.339 e. The van der Waals surface area contributed by atoms with Crippen molar-refractivity contribution in [3.05, 3.63) is 63.4 Å². The molecule has 28 heavy (non-hydrogen) atoms. The van der Waals surface area contributed by atoms with E-state index in [9.17, 15) is 8.42 Å². The van der Waals surface area contributed by atoms with E-state index in [1.807, 2.05) is 24.4 Å². The zero-order valence-corrected chi connectivity index (χ0v) is 18.4. The van der Waals surface area contributed by atoms with Gasteiger partial charge in [0, 0.05) is 55.9 Å². The van der Waals surface area contributed by atoms with Crippen LogP contribution < -0.4 is 5.32 Å². The number of hydrogen-bond donors (Lipinski definition) is 1. The van der Waals surface area contributed by atoms with E-state index in [0.717, 1.165) is 14.4 Å². The number of halogens is 1. The van der Waals surface area contributed by atoms with E-state index in [2.05, 4.69) is 43.3 Å². The molecule has 0 radical (unpaired) electrons. The molecular formula is C18H20BrN5O2S2. The molecule has 2 aromatic heterocycles. The van der Waals surface area contributed by atoms with Crippen LogP contribution in [0.4, 0.5) is 0 Å². The second-order valence-corrected chi connectivity index (χ2v) is 11.1. The SMILES string of the molecule is Cn1cnc(S(=O)(=O)N2C[C@H](NCc3cnc(Br)s3)[C@@H](c3ccccc3)C2)c1. The number of aryl methyl sites for hydroxylation is 1. The molecule has 148 valence electrons. The highest BCUT2D eigenvalue weighted by molar-refractivity contribution is 9.11. The van der Waals surface area contributed by atoms with Crippen LogP contribution in [0, 0.1) is 0 Å². The summed E-state index contributed by atoms with van der Waals surface area (Å²) in [5, 5.41) is 3.63. The summed E-state index contributed by atoms with van der Waals surface area (Å²) in [6, 6.07) is 10.1. The van der Waals surface area contributed by atoms with Crippen LogP contribution in [0.1, 0.15) is 16.4 Å². The van der Waals surface area contributed by atoms with Crippen LogP contribution in [0.3, 0.4) is 0 Å². The molecule has 3 aromatic rings. The van der Waals surface area contributed by atoms with Crippen LogP contribution in [-0.2, 0) is 23.6 Å². The number of nitrogens with zero attached hydrogens (tertiary/aromatic N) is 4. The van der Waals surface area contributed by atoms with Gasteiger partial charge in [-0.3, -0.25) is 0 Å². The molecule has 0 aliphatic carbocycles. The first-order chi connectivity index (χ1) is 13.4. The van der Waals surface area contributed by atoms with Crippen LogP contribution in [0.5, 0.6) is 0 Å². The summed E-state index contributed by atoms with van der Waals surface area (Å²) in [6.45, 7) is 1.47. The number of hydrogen-bond acceptors (Lipinski definition) is 6. The van der Waals surface area contributed by atoms with E-state index >= 15 is 0 Å². The third-order valence-electron chi connectivity index (χ3n) is 4.86. The summed E-state index contributed by atoms with van der Waals surface area (Å²) in [4.78, 5) is 9.37. The molecule has 2 atom stereocenters. The second-order valence-electron chi connectivity index (χ2n) is 6.78. The number of thiazole rings is 1. The smallest absolute Gasteiger partial charge is 0.262 e. The number of aromatic nitrogens is 3. The van der Waals surface area contributed by atoms with Gasteiger partial charge in [0.25, 0.3) is 10.0 Å². The van der Waals surface area contributed by atoms with Crippen molar-refractivity contribution >= 4 is 37.3 Å². The lowest BCUT2D eigenvalue weighted by Gasteiger charge is -2.19. The molecule has 4 rings (SSSR count). The van der Waals surface area contributed by atoms with E-state index in [1.165, 1.54) is 10.6 Å². The summed E-state index contributed by atoms with van der Waals surface area (Å²) in [6.07, 6.45) is 4.88. The normalized spacial score (nSPS) is 20.6. The second kappa shape index (κ2) is 8.03. The van der Waals surface area contributed by atoms with Gasteiger partial charge >= 0.3 is 0 Å². The molecule has 0 saturated carbocycles. The molecule has 0 spiro atoms. The van der Waals surface area contributed by atoms with Gasteiger partial charge in [-0.2, -0.15) is 4.31 Å². The maximum atomic E-state index is 13.1. The van der Waals surface area contributed by atoms with E-state index < -0.39 is 10.0 Å². The Morgan fingerprint density at radius 3 is 2.68 bits per heavy atom. The zero-order chi connectivity index (χ0) is 19.7. The Morgan fingerprint density at radius 2 is 2.04 bits per heavy atom. The van der Waals surface area contributed by atoms with Gasteiger partial charge in [0.05, 0.1) is 6.33 Å². The van der Waals surface area contributed by atoms with Crippen LogP contribution in [0.2, 0.25) is 0 Å². The monoisotopic (exact) mass is 481 g/mol. The highest BCUT2D eigenvalue weighted by Gasteiger charge is 2.40. The maximum Gasteiger partial charge on any atom is 0.262 e. The van der Waals surface area contributed by atoms with Crippen LogP contribution in [-0.4, -0.2) is 46.4 Å². The maximum absolute atomic E-state index is 13.1. The van der Waals surface area contributed by atoms with E-state index in [-0.39, 0.29) is 17.0 Å². The molecular weight excluding hydrogens is 462 g/mol. The lowest BCUT2D eigenvalue weighted by atomic mass is 9.94. The van der Waals surface area contributed by atoms with Crippen molar-refractivity contribution in [1.82, 2.24) is 24.2 Å². The van der Waals surface area contributed by atoms with Gasteiger partial charge in [-0.05, 0) is 21.5 Å². The van der Waals surface area contributed by atoms with Gasteiger partial charge in [0.2, 0.25) is 0 Å². The van der Waals surface area contributed by atoms with Gasteiger partial charge in [0.1, 0.15) is 0 Å². The molecule has 10 heteroatoms. The first kappa shape index (κ1) is 19.7. The lowest BCUT2D eigenvalue weighted by molar-refractivity contribution is 0.454. The average Bonchev–Trinajstić information content (AvgIpc) is 3.40. The Balaban J connectivity index is 1.57. The molecule has 1 fully saturated rings. The average molecular weight is 482 g/mol. The van der Waals surface area contributed by atoms with Crippen LogP contribution >= 0.6 is 27.3 Å². The zero-order valence-electron chi connectivity index (χ0n) is 15.2. The predicted octanol–water partition coefficient (Wildman–Crippen LogP) is 2.59. The highest BCUT2D eigenvalue weighted by Crippen LogP contribution is 2.31. The fourth-order valence-electron chi connectivity index (χ4n) is 3.46. The van der Waals surface area contributed by atoms with Crippen molar-refractivity contribution in [2.45, 2.75) is 23.5 Å². The fraction of sp³-hybridized carbons (Fsp3) is 0.333. The highest BCUT2D eigenvalue weighted by atomic mass is 79.9. The molecule has 0 unspecified atom stereocenters. The summed E-state index contributed by atoms with van der Waals surface area (Å²) in [5.41, 5.74) is 1.13. The summed E-state index contributed by atoms with van der Waals surface area (Å²) < 4.78 is 30.1. The van der Waals surface area contributed by atoms with Gasteiger partial charge in [-0.15, -0.1) is 11.3 Å². The molecule has 1 N–H and O–H groups in total. The third-order valence-corrected chi connectivity index (χ3v) is 8.06. The molecule has 1 aliphatic heterocycles. The van der Waals surface area contributed by atoms with Crippen LogP contribution in [0.15, 0.2) is 58.0 Å². The molecule has 1 aliphatic rings. The van der Waals surface area contributed by atoms with E-state index in [1.54, 1.807) is 29.1 Å². The Hall–Kier alpha value is -1.59. The van der Waals surface area contributed by atoms with Crippen molar-refractivity contribution < 1.29 is 8.42 Å². The Morgan fingerprint density at radius 1 is 1.25 bits per heavy atom. The number of rotatable bonds is 6. The minimum atomic E-state index is -3.63. The van der Waals surface area contributed by atoms with Crippen molar-refractivity contribution in [3.8, 4) is 0 Å². The number of imidazole rings is 1. The summed E-state index contributed by atoms with van der Waals surface area (Å²) in [7, 11) is -1.86. The molecule has 7 nitrogen and oxygen atoms in total. The molecule has 3 heterocycles. The molecule has 1 saturated heterocycles. The van der Waals surface area contributed by atoms with E-state index in [0.29, 0.717) is 19.6 Å². The number of sulfonamides is 1. The predicted molar refractivity (Wildman–Crippen MR) is 112 cm³/mol. The number of nitrogens with one attached hydrogen (secondary N) is 1. The van der Waals surface area contributed by atoms with Crippen LogP contribution in [0.25, 0.3) is 0 Å². The topological polar surface area (TPSA) is 80.1 Å². The Bertz CT molecular complexity index is 1050. The standard InChI is InChI=1S/C18H20BrN5O2S2/c1-23-11-17(22-12-23)28(25,26)24-9-15(13-5-3-2-4-6-13)16(10-24)20-7-14-8-21-18(19)27-14/h2-6,8,11-12,15-16,20H,7,9-10H2,1H3/t15-,16+/m1/s1. The van der Waals surface area contributed by atoms with Gasteiger partial charge in [0.15, 0.2) is 8.94 Å². The molecule has 1 aromatic carbocycles. The van der Waals surface area contributed by atoms with Gasteiger partial charge in [-0.1, -0.05) is 30.3 Å². The van der Waals surface area contributed by atoms with Crippen molar-refractivity contribution in [1.29, 1.82) is 0 Å². The van der Waals surface area contributed by atoms with Crippen molar-refractivity contribution in [2.24, 2.45) is 7.05 Å². The largest absolute Gasteiger partial charge is 0.339 e. The van der Waals surface area contributed by atoms with Gasteiger partial charge in [-0.25, -0.2) is 18.4 Å². The summed E-state index contributed by atoms with van der Waals surface area (Å²) >= 11 is 4.95. The minimum absolute atomic E-state index is 0.00163. The first-order valence-corrected chi connectivity index (χ1v) is 11.8. The first-order valence-electron chi connectivity index (χ1n) is 8.80. The Kier molecular flexibility index (Phi) is 5.66. The fourth-order valence-corrected chi connectivity index (χ4v) is 6.23. The quantitative estimate of drug-likeness (QED) is 0.585. The van der Waals surface area contributed by atoms with Crippen molar-refractivity contribution in [3.63, 3.8) is 0 Å². The Labute approximate surface area is 176 Å². The number of benzene rings is 1. The third kappa shape index (κ3) is 4.06. The van der Waals surface area contributed by atoms with Gasteiger partial charge < -0.3 is 9.88 Å². The van der Waals surface area contributed by atoms with E-state index in [4.69, 9.17) is 0 Å². The summed E-state index contributed by atoms with van der Waals surface area (Å²) in [5.74, 6) is 0.0658. The lowest BCUT2D eigenvalue weighted by Crippen LogP contribution is -2.36. The van der Waals surface area contributed by atoms with Crippen molar-refractivity contribution in [2.75, 3.05) is 13.1 Å². The molecule has 0 bridgehead atoms.